The van der Waals surface area contributed by atoms with Crippen LogP contribution in [0.3, 0.4) is 0 Å². The van der Waals surface area contributed by atoms with E-state index in [0.717, 1.165) is 18.2 Å². The summed E-state index contributed by atoms with van der Waals surface area (Å²) in [6.45, 7) is 1.69. The number of benzene rings is 1. The highest BCUT2D eigenvalue weighted by atomic mass is 19.3. The molecule has 1 aromatic carbocycles. The molecule has 0 bridgehead atoms. The number of anilines is 1. The van der Waals surface area contributed by atoms with Gasteiger partial charge in [-0.25, -0.2) is 27.5 Å². The van der Waals surface area contributed by atoms with Crippen LogP contribution in [0.5, 0.6) is 6.01 Å². The Morgan fingerprint density at radius 2 is 1.85 bits per heavy atom. The minimum Gasteiger partial charge on any atom is -0.467 e. The number of hydrogen-bond donors (Lipinski definition) is 1. The number of rotatable bonds is 5. The predicted molar refractivity (Wildman–Crippen MR) is 117 cm³/mol. The number of aromatic nitrogens is 3. The van der Waals surface area contributed by atoms with Gasteiger partial charge in [0.15, 0.2) is 0 Å². The second-order valence-corrected chi connectivity index (χ2v) is 8.34. The van der Waals surface area contributed by atoms with Crippen LogP contribution in [0.2, 0.25) is 0 Å². The van der Waals surface area contributed by atoms with E-state index >= 15 is 0 Å². The molecule has 1 aliphatic carbocycles. The summed E-state index contributed by atoms with van der Waals surface area (Å²) in [7, 11) is 1.38. The summed E-state index contributed by atoms with van der Waals surface area (Å²) in [5.74, 6) is -5.65. The Bertz CT molecular complexity index is 1200. The lowest BCUT2D eigenvalue weighted by Crippen LogP contribution is -2.31. The van der Waals surface area contributed by atoms with Crippen molar-refractivity contribution in [2.24, 2.45) is 5.92 Å². The summed E-state index contributed by atoms with van der Waals surface area (Å²) in [4.78, 5) is 25.2. The first-order valence-corrected chi connectivity index (χ1v) is 10.7. The highest BCUT2D eigenvalue weighted by Gasteiger charge is 2.41. The maximum Gasteiger partial charge on any atom is 0.316 e. The van der Waals surface area contributed by atoms with Crippen molar-refractivity contribution in [2.45, 2.75) is 38.0 Å². The predicted octanol–water partition coefficient (Wildman–Crippen LogP) is 5.62. The Balaban J connectivity index is 1.80. The summed E-state index contributed by atoms with van der Waals surface area (Å²) in [6.07, 6.45) is 3.37. The Labute approximate surface area is 193 Å². The average Bonchev–Trinajstić information content (AvgIpc) is 2.80. The molecule has 0 aliphatic heterocycles. The third kappa shape index (κ3) is 4.85. The first-order valence-electron chi connectivity index (χ1n) is 10.7. The molecule has 0 saturated heterocycles. The maximum absolute atomic E-state index is 14.7. The number of carbonyl (C=O) groups excluding carboxylic acids is 1. The van der Waals surface area contributed by atoms with Gasteiger partial charge in [-0.15, -0.1) is 0 Å². The van der Waals surface area contributed by atoms with Crippen LogP contribution in [-0.4, -0.2) is 33.9 Å². The monoisotopic (exact) mass is 474 g/mol. The molecule has 10 heteroatoms. The summed E-state index contributed by atoms with van der Waals surface area (Å²) in [5.41, 5.74) is 0.666. The van der Waals surface area contributed by atoms with Crippen molar-refractivity contribution in [3.05, 3.63) is 65.7 Å². The van der Waals surface area contributed by atoms with Crippen molar-refractivity contribution in [1.29, 1.82) is 0 Å². The van der Waals surface area contributed by atoms with E-state index in [4.69, 9.17) is 4.74 Å². The van der Waals surface area contributed by atoms with E-state index in [2.05, 4.69) is 20.3 Å². The number of hydrogen-bond acceptors (Lipinski definition) is 5. The van der Waals surface area contributed by atoms with Gasteiger partial charge < -0.3 is 10.1 Å². The van der Waals surface area contributed by atoms with E-state index in [1.165, 1.54) is 31.8 Å². The Kier molecular flexibility index (Phi) is 6.49. The van der Waals surface area contributed by atoms with E-state index < -0.39 is 35.3 Å². The minimum atomic E-state index is -2.79. The van der Waals surface area contributed by atoms with Crippen LogP contribution < -0.4 is 10.1 Å². The molecule has 34 heavy (non-hydrogen) atoms. The fraction of sp³-hybridized carbons (Fsp3) is 0.333. The van der Waals surface area contributed by atoms with Crippen LogP contribution in [0.4, 0.5) is 23.2 Å². The standard InChI is InChI=1S/C24H22F4N4O2/c1-13-10-24(27,28)7-5-16(13)20-21(32-22(33)14-11-30-23(34-2)31-12-14)17(6-8-29-20)18-9-15(25)3-4-19(18)26/h3-4,6,8-9,11-13,16H,5,7,10H2,1-2H3,(H,32,33)/t13-,16?/m1/s1. The molecule has 3 aromatic rings. The first-order chi connectivity index (χ1) is 16.2. The van der Waals surface area contributed by atoms with Crippen LogP contribution in [0.15, 0.2) is 42.9 Å². The number of alkyl halides is 2. The number of carbonyl (C=O) groups is 1. The maximum atomic E-state index is 14.7. The van der Waals surface area contributed by atoms with Crippen LogP contribution >= 0.6 is 0 Å². The molecule has 0 radical (unpaired) electrons. The number of nitrogens with zero attached hydrogens (tertiary/aromatic N) is 3. The number of pyridine rings is 1. The largest absolute Gasteiger partial charge is 0.467 e. The zero-order chi connectivity index (χ0) is 24.5. The van der Waals surface area contributed by atoms with Gasteiger partial charge >= 0.3 is 6.01 Å². The van der Waals surface area contributed by atoms with Crippen LogP contribution in [0.1, 0.15) is 48.2 Å². The lowest BCUT2D eigenvalue weighted by atomic mass is 9.75. The molecule has 1 N–H and O–H groups in total. The molecule has 1 fully saturated rings. The molecular weight excluding hydrogens is 452 g/mol. The van der Waals surface area contributed by atoms with Gasteiger partial charge in [-0.1, -0.05) is 6.92 Å². The number of halogens is 4. The quantitative estimate of drug-likeness (QED) is 0.486. The molecule has 6 nitrogen and oxygen atoms in total. The van der Waals surface area contributed by atoms with Gasteiger partial charge in [0, 0.05) is 48.5 Å². The fourth-order valence-electron chi connectivity index (χ4n) is 4.32. The molecule has 1 saturated carbocycles. The van der Waals surface area contributed by atoms with Gasteiger partial charge in [0.2, 0.25) is 5.92 Å². The zero-order valence-electron chi connectivity index (χ0n) is 18.5. The molecule has 0 spiro atoms. The summed E-state index contributed by atoms with van der Waals surface area (Å²) >= 11 is 0. The average molecular weight is 474 g/mol. The second kappa shape index (κ2) is 9.36. The first kappa shape index (κ1) is 23.6. The Morgan fingerprint density at radius 1 is 1.12 bits per heavy atom. The van der Waals surface area contributed by atoms with Gasteiger partial charge in [-0.3, -0.25) is 9.78 Å². The molecule has 1 amide bonds. The highest BCUT2D eigenvalue weighted by molar-refractivity contribution is 6.06. The smallest absolute Gasteiger partial charge is 0.316 e. The lowest BCUT2D eigenvalue weighted by Gasteiger charge is -2.34. The van der Waals surface area contributed by atoms with Crippen molar-refractivity contribution < 1.29 is 27.1 Å². The summed E-state index contributed by atoms with van der Waals surface area (Å²) < 4.78 is 61.5. The SMILES string of the molecule is COc1ncc(C(=O)Nc2c(-c3cc(F)ccc3F)ccnc2C2CCC(F)(F)C[C@H]2C)cn1. The van der Waals surface area contributed by atoms with E-state index in [-0.39, 0.29) is 47.7 Å². The van der Waals surface area contributed by atoms with Crippen LogP contribution in [-0.2, 0) is 0 Å². The third-order valence-electron chi connectivity index (χ3n) is 5.99. The lowest BCUT2D eigenvalue weighted by molar-refractivity contribution is -0.0558. The Hall–Kier alpha value is -3.56. The molecule has 2 atom stereocenters. The topological polar surface area (TPSA) is 77.0 Å². The molecule has 1 unspecified atom stereocenters. The van der Waals surface area contributed by atoms with Crippen LogP contribution in [0, 0.1) is 17.6 Å². The number of nitrogens with one attached hydrogen (secondary N) is 1. The van der Waals surface area contributed by atoms with Crippen molar-refractivity contribution in [3.8, 4) is 17.1 Å². The van der Waals surface area contributed by atoms with Gasteiger partial charge in [0.1, 0.15) is 11.6 Å². The van der Waals surface area contributed by atoms with Crippen molar-refractivity contribution in [1.82, 2.24) is 15.0 Å². The van der Waals surface area contributed by atoms with Gasteiger partial charge in [-0.2, -0.15) is 0 Å². The molecule has 1 aliphatic rings. The molecular formula is C24H22F4N4O2. The summed E-state index contributed by atoms with van der Waals surface area (Å²) in [6, 6.07) is 4.50. The fourth-order valence-corrected chi connectivity index (χ4v) is 4.32. The van der Waals surface area contributed by atoms with Gasteiger partial charge in [-0.05, 0) is 36.6 Å². The Morgan fingerprint density at radius 3 is 2.53 bits per heavy atom. The van der Waals surface area contributed by atoms with E-state index in [9.17, 15) is 22.4 Å². The number of methoxy groups -OCH3 is 1. The molecule has 4 rings (SSSR count). The van der Waals surface area contributed by atoms with E-state index in [0.29, 0.717) is 5.69 Å². The normalized spacial score (nSPS) is 19.5. The molecule has 178 valence electrons. The van der Waals surface area contributed by atoms with Gasteiger partial charge in [0.25, 0.3) is 5.91 Å². The van der Waals surface area contributed by atoms with Gasteiger partial charge in [0.05, 0.1) is 24.1 Å². The highest BCUT2D eigenvalue weighted by Crippen LogP contribution is 2.47. The second-order valence-electron chi connectivity index (χ2n) is 8.34. The summed E-state index contributed by atoms with van der Waals surface area (Å²) in [5, 5.41) is 2.72. The number of amides is 1. The van der Waals surface area contributed by atoms with Crippen molar-refractivity contribution in [3.63, 3.8) is 0 Å². The minimum absolute atomic E-state index is 0.0677. The molecule has 2 aromatic heterocycles. The third-order valence-corrected chi connectivity index (χ3v) is 5.99. The molecule has 2 heterocycles. The number of ether oxygens (including phenoxy) is 1. The van der Waals surface area contributed by atoms with E-state index in [1.54, 1.807) is 6.92 Å². The zero-order valence-corrected chi connectivity index (χ0v) is 18.5. The van der Waals surface area contributed by atoms with Crippen molar-refractivity contribution in [2.75, 3.05) is 12.4 Å². The van der Waals surface area contributed by atoms with E-state index in [1.807, 2.05) is 0 Å². The van der Waals surface area contributed by atoms with Crippen molar-refractivity contribution >= 4 is 11.6 Å². The van der Waals surface area contributed by atoms with Crippen LogP contribution in [0.25, 0.3) is 11.1 Å².